The van der Waals surface area contributed by atoms with Crippen molar-refractivity contribution in [1.29, 1.82) is 0 Å². The van der Waals surface area contributed by atoms with Gasteiger partial charge in [-0.05, 0) is 67.4 Å². The van der Waals surface area contributed by atoms with Gasteiger partial charge in [-0.1, -0.05) is 11.2 Å². The van der Waals surface area contributed by atoms with E-state index < -0.39 is 20.2 Å². The zero-order chi connectivity index (χ0) is 21.7. The summed E-state index contributed by atoms with van der Waals surface area (Å²) >= 11 is 0. The molecule has 0 bridgehead atoms. The Hall–Kier alpha value is -2.38. The van der Waals surface area contributed by atoms with Gasteiger partial charge in [-0.2, -0.15) is 0 Å². The quantitative estimate of drug-likeness (QED) is 0.330. The molecule has 2 aromatic rings. The van der Waals surface area contributed by atoms with Crippen molar-refractivity contribution in [3.8, 4) is 11.5 Å². The maximum absolute atomic E-state index is 12.3. The van der Waals surface area contributed by atoms with E-state index in [0.717, 1.165) is 19.3 Å². The third-order valence-corrected chi connectivity index (χ3v) is 6.12. The van der Waals surface area contributed by atoms with Crippen molar-refractivity contribution in [3.05, 3.63) is 52.3 Å². The predicted octanol–water partition coefficient (Wildman–Crippen LogP) is 3.19. The lowest BCUT2D eigenvalue weighted by molar-refractivity contribution is -0.135. The van der Waals surface area contributed by atoms with Crippen LogP contribution in [-0.4, -0.2) is 22.1 Å². The first-order chi connectivity index (χ1) is 14.4. The van der Waals surface area contributed by atoms with Crippen LogP contribution in [0.2, 0.25) is 0 Å². The van der Waals surface area contributed by atoms with Crippen LogP contribution in [0.3, 0.4) is 0 Å². The van der Waals surface area contributed by atoms with E-state index in [1.165, 1.54) is 23.7 Å². The summed E-state index contributed by atoms with van der Waals surface area (Å²) in [7, 11) is -2.34. The minimum absolute atomic E-state index is 0.00350. The van der Waals surface area contributed by atoms with Crippen LogP contribution in [0.25, 0.3) is 0 Å². The summed E-state index contributed by atoms with van der Waals surface area (Å²) in [5.74, 6) is -0.0574. The standard InChI is InChI=1S/C21H26N3O5P/c1-13-20(25)19(10-22)17(11-23-13)12-28-30(27)24-14(2)21(26)29-18-8-7-15-5-3-4-6-16(15)9-18/h7-9,11,14H,3-6,10,12,22H2,1-2H3,(H-,24,25,27)/p+1/t14-/m0/s1. The summed E-state index contributed by atoms with van der Waals surface area (Å²) in [6, 6.07) is 4.86. The van der Waals surface area contributed by atoms with Gasteiger partial charge >= 0.3 is 14.1 Å². The van der Waals surface area contributed by atoms with Gasteiger partial charge < -0.3 is 15.6 Å². The predicted molar refractivity (Wildman–Crippen MR) is 112 cm³/mol. The molecule has 1 aliphatic rings. The number of aromatic nitrogens is 1. The van der Waals surface area contributed by atoms with Gasteiger partial charge in [0.1, 0.15) is 24.1 Å². The molecule has 1 aliphatic carbocycles. The van der Waals surface area contributed by atoms with Gasteiger partial charge in [0.25, 0.3) is 0 Å². The highest BCUT2D eigenvalue weighted by Crippen LogP contribution is 2.28. The molecule has 2 atom stereocenters. The third-order valence-electron chi connectivity index (χ3n) is 5.16. The van der Waals surface area contributed by atoms with Crippen molar-refractivity contribution < 1.29 is 23.7 Å². The van der Waals surface area contributed by atoms with E-state index >= 15 is 0 Å². The second kappa shape index (κ2) is 10.1. The summed E-state index contributed by atoms with van der Waals surface area (Å²) in [5, 5.41) is 12.6. The Balaban J connectivity index is 1.53. The Labute approximate surface area is 176 Å². The van der Waals surface area contributed by atoms with Gasteiger partial charge in [0.15, 0.2) is 0 Å². The monoisotopic (exact) mass is 432 g/mol. The first-order valence-corrected chi connectivity index (χ1v) is 11.1. The number of aromatic hydroxyl groups is 1. The average molecular weight is 432 g/mol. The second-order valence-electron chi connectivity index (χ2n) is 7.34. The molecule has 8 nitrogen and oxygen atoms in total. The highest BCUT2D eigenvalue weighted by atomic mass is 31.1. The molecule has 0 spiro atoms. The van der Waals surface area contributed by atoms with Gasteiger partial charge in [-0.15, -0.1) is 4.52 Å². The Kier molecular flexibility index (Phi) is 7.50. The molecule has 1 aromatic carbocycles. The fourth-order valence-electron chi connectivity index (χ4n) is 3.39. The van der Waals surface area contributed by atoms with Crippen molar-refractivity contribution >= 4 is 14.1 Å². The van der Waals surface area contributed by atoms with E-state index in [0.29, 0.717) is 22.6 Å². The lowest BCUT2D eigenvalue weighted by Crippen LogP contribution is -2.33. The average Bonchev–Trinajstić information content (AvgIpc) is 2.74. The lowest BCUT2D eigenvalue weighted by atomic mass is 9.92. The van der Waals surface area contributed by atoms with Crippen molar-refractivity contribution in [3.63, 3.8) is 0 Å². The Bertz CT molecular complexity index is 950. The molecule has 0 fully saturated rings. The number of pyridine rings is 1. The maximum Gasteiger partial charge on any atom is 0.614 e. The number of esters is 1. The van der Waals surface area contributed by atoms with E-state index in [2.05, 4.69) is 10.1 Å². The molecule has 1 unspecified atom stereocenters. The number of nitrogens with two attached hydrogens (primary N) is 1. The van der Waals surface area contributed by atoms with Crippen LogP contribution in [0.15, 0.2) is 24.4 Å². The number of hydrogen-bond donors (Lipinski definition) is 3. The van der Waals surface area contributed by atoms with Crippen LogP contribution in [-0.2, 0) is 39.9 Å². The Morgan fingerprint density at radius 3 is 2.80 bits per heavy atom. The van der Waals surface area contributed by atoms with E-state index in [1.54, 1.807) is 19.9 Å². The molecule has 0 amide bonds. The number of carbonyl (C=O) groups excluding carboxylic acids is 1. The van der Waals surface area contributed by atoms with E-state index in [4.69, 9.17) is 15.0 Å². The minimum atomic E-state index is -2.34. The Morgan fingerprint density at radius 1 is 1.33 bits per heavy atom. The molecule has 1 heterocycles. The zero-order valence-corrected chi connectivity index (χ0v) is 18.1. The first kappa shape index (κ1) is 22.3. The van der Waals surface area contributed by atoms with Crippen molar-refractivity contribution in [1.82, 2.24) is 10.1 Å². The normalized spacial score (nSPS) is 14.7. The number of ether oxygens (including phenoxy) is 1. The van der Waals surface area contributed by atoms with E-state index in [1.807, 2.05) is 12.1 Å². The number of benzene rings is 1. The van der Waals surface area contributed by atoms with E-state index in [9.17, 15) is 14.5 Å². The highest BCUT2D eigenvalue weighted by molar-refractivity contribution is 7.36. The lowest BCUT2D eigenvalue weighted by Gasteiger charge is -2.16. The number of nitrogens with zero attached hydrogens (tertiary/aromatic N) is 1. The van der Waals surface area contributed by atoms with Crippen LogP contribution in [0.5, 0.6) is 11.5 Å². The molecule has 160 valence electrons. The largest absolute Gasteiger partial charge is 0.614 e. The summed E-state index contributed by atoms with van der Waals surface area (Å²) in [4.78, 5) is 16.4. The number of fused-ring (bicyclic) bond motifs is 1. The second-order valence-corrected chi connectivity index (χ2v) is 8.37. The fourth-order valence-corrected chi connectivity index (χ4v) is 4.14. The smallest absolute Gasteiger partial charge is 0.506 e. The molecular formula is C21H27N3O5P+. The Morgan fingerprint density at radius 2 is 2.07 bits per heavy atom. The van der Waals surface area contributed by atoms with Gasteiger partial charge in [-0.25, -0.2) is 4.79 Å². The molecule has 4 N–H and O–H groups in total. The van der Waals surface area contributed by atoms with Crippen LogP contribution in [0.4, 0.5) is 0 Å². The number of rotatable bonds is 8. The summed E-state index contributed by atoms with van der Waals surface area (Å²) in [6.45, 7) is 3.25. The molecule has 0 aliphatic heterocycles. The van der Waals surface area contributed by atoms with Gasteiger partial charge in [0, 0.05) is 23.9 Å². The van der Waals surface area contributed by atoms with E-state index in [-0.39, 0.29) is 18.9 Å². The minimum Gasteiger partial charge on any atom is -0.506 e. The van der Waals surface area contributed by atoms with Crippen molar-refractivity contribution in [2.45, 2.75) is 58.7 Å². The number of carbonyl (C=O) groups is 1. The number of hydrogen-bond acceptors (Lipinski definition) is 7. The SMILES string of the molecule is Cc1ncc(CO[P+](=O)N[C@@H](C)C(=O)Oc2ccc3c(c2)CCCC3)c(CN)c1O. The maximum atomic E-state index is 12.3. The van der Waals surface area contributed by atoms with Gasteiger partial charge in [0.05, 0.1) is 5.69 Å². The summed E-state index contributed by atoms with van der Waals surface area (Å²) in [5.41, 5.74) is 9.68. The molecule has 3 rings (SSSR count). The van der Waals surface area contributed by atoms with Crippen LogP contribution >= 0.6 is 8.18 Å². The highest BCUT2D eigenvalue weighted by Gasteiger charge is 2.28. The summed E-state index contributed by atoms with van der Waals surface area (Å²) < 4.78 is 22.9. The molecule has 30 heavy (non-hydrogen) atoms. The molecule has 0 saturated carbocycles. The number of nitrogens with one attached hydrogen (secondary N) is 1. The summed E-state index contributed by atoms with van der Waals surface area (Å²) in [6.07, 6.45) is 5.89. The fraction of sp³-hybridized carbons (Fsp3) is 0.429. The van der Waals surface area contributed by atoms with Crippen LogP contribution in [0, 0.1) is 6.92 Å². The van der Waals surface area contributed by atoms with Crippen LogP contribution < -0.4 is 15.6 Å². The molecule has 0 radical (unpaired) electrons. The third kappa shape index (κ3) is 5.40. The van der Waals surface area contributed by atoms with Crippen LogP contribution in [0.1, 0.15) is 47.7 Å². The molecular weight excluding hydrogens is 405 g/mol. The number of aryl methyl sites for hydroxylation is 3. The zero-order valence-electron chi connectivity index (χ0n) is 17.2. The van der Waals surface area contributed by atoms with Crippen molar-refractivity contribution in [2.75, 3.05) is 0 Å². The molecule has 1 aromatic heterocycles. The van der Waals surface area contributed by atoms with Gasteiger partial charge in [0.2, 0.25) is 0 Å². The molecule has 0 saturated heterocycles. The topological polar surface area (TPSA) is 124 Å². The van der Waals surface area contributed by atoms with Crippen molar-refractivity contribution in [2.24, 2.45) is 5.73 Å². The van der Waals surface area contributed by atoms with Gasteiger partial charge in [-0.3, -0.25) is 4.98 Å². The first-order valence-electron chi connectivity index (χ1n) is 9.95. The molecule has 9 heteroatoms.